The molecule has 8 nitrogen and oxygen atoms in total. The van der Waals surface area contributed by atoms with Crippen LogP contribution in [0.4, 0.5) is 11.4 Å². The number of aryl methyl sites for hydroxylation is 1. The summed E-state index contributed by atoms with van der Waals surface area (Å²) >= 11 is 1.35. The van der Waals surface area contributed by atoms with Crippen molar-refractivity contribution >= 4 is 29.3 Å². The molecule has 0 aliphatic heterocycles. The third-order valence-corrected chi connectivity index (χ3v) is 5.18. The third kappa shape index (κ3) is 5.53. The minimum atomic E-state index is -0.573. The number of carbonyl (C=O) groups is 1. The van der Waals surface area contributed by atoms with Crippen molar-refractivity contribution in [2.45, 2.75) is 18.4 Å². The van der Waals surface area contributed by atoms with Gasteiger partial charge < -0.3 is 19.3 Å². The molecule has 0 atom stereocenters. The molecule has 0 heterocycles. The van der Waals surface area contributed by atoms with E-state index >= 15 is 0 Å². The fourth-order valence-corrected chi connectivity index (χ4v) is 3.42. The monoisotopic (exact) mass is 440 g/mol. The highest BCUT2D eigenvalue weighted by Crippen LogP contribution is 2.32. The molecule has 0 aromatic heterocycles. The zero-order chi connectivity index (χ0) is 22.4. The zero-order valence-corrected chi connectivity index (χ0v) is 17.6. The number of nitro benzene ring substituents is 1. The number of anilines is 1. The number of methoxy groups -OCH3 is 1. The molecule has 160 valence electrons. The van der Waals surface area contributed by atoms with Crippen LogP contribution in [0, 0.1) is 17.0 Å². The van der Waals surface area contributed by atoms with Crippen LogP contribution in [0.15, 0.2) is 65.6 Å². The van der Waals surface area contributed by atoms with Crippen LogP contribution in [0.2, 0.25) is 0 Å². The Kier molecular flexibility index (Phi) is 7.11. The molecular weight excluding hydrogens is 420 g/mol. The summed E-state index contributed by atoms with van der Waals surface area (Å²) < 4.78 is 13.8. The van der Waals surface area contributed by atoms with Crippen LogP contribution in [-0.2, 0) is 11.3 Å². The number of esters is 1. The Morgan fingerprint density at radius 2 is 1.77 bits per heavy atom. The first-order chi connectivity index (χ1) is 14.9. The molecule has 3 aromatic carbocycles. The van der Waals surface area contributed by atoms with Crippen molar-refractivity contribution in [2.75, 3.05) is 11.8 Å². The smallest absolute Gasteiger partial charge is 0.340 e. The van der Waals surface area contributed by atoms with Gasteiger partial charge in [0, 0.05) is 11.0 Å². The van der Waals surface area contributed by atoms with Crippen LogP contribution in [-0.4, -0.2) is 23.1 Å². The maximum atomic E-state index is 12.3. The van der Waals surface area contributed by atoms with Gasteiger partial charge >= 0.3 is 5.97 Å². The van der Waals surface area contributed by atoms with E-state index in [1.54, 1.807) is 12.1 Å². The summed E-state index contributed by atoms with van der Waals surface area (Å²) in [7, 11) is 1.29. The minimum Gasteiger partial charge on any atom is -0.465 e. The maximum absolute atomic E-state index is 12.3. The summed E-state index contributed by atoms with van der Waals surface area (Å²) in [5.41, 5.74) is 1.89. The summed E-state index contributed by atoms with van der Waals surface area (Å²) in [6.45, 7) is 1.50. The third-order valence-electron chi connectivity index (χ3n) is 4.35. The van der Waals surface area contributed by atoms with Gasteiger partial charge in [0.25, 0.3) is 5.69 Å². The Bertz CT molecular complexity index is 1100. The summed E-state index contributed by atoms with van der Waals surface area (Å²) in [6.07, 6.45) is 0. The second-order valence-electron chi connectivity index (χ2n) is 6.52. The van der Waals surface area contributed by atoms with Crippen molar-refractivity contribution < 1.29 is 24.3 Å². The number of rotatable bonds is 8. The predicted molar refractivity (Wildman–Crippen MR) is 118 cm³/mol. The first-order valence-electron chi connectivity index (χ1n) is 9.19. The van der Waals surface area contributed by atoms with Crippen molar-refractivity contribution in [2.24, 2.45) is 0 Å². The van der Waals surface area contributed by atoms with E-state index in [0.29, 0.717) is 17.2 Å². The Morgan fingerprint density at radius 1 is 1.10 bits per heavy atom. The van der Waals surface area contributed by atoms with Crippen LogP contribution in [0.25, 0.3) is 0 Å². The van der Waals surface area contributed by atoms with Gasteiger partial charge in [-0.1, -0.05) is 17.7 Å². The number of aliphatic hydroxyl groups is 1. The highest BCUT2D eigenvalue weighted by Gasteiger charge is 2.16. The summed E-state index contributed by atoms with van der Waals surface area (Å²) in [5, 5.41) is 20.4. The molecule has 0 aliphatic rings. The molecule has 0 saturated carbocycles. The molecule has 3 rings (SSSR count). The zero-order valence-electron chi connectivity index (χ0n) is 16.8. The van der Waals surface area contributed by atoms with Crippen LogP contribution in [0.1, 0.15) is 21.5 Å². The van der Waals surface area contributed by atoms with Gasteiger partial charge in [-0.15, -0.1) is 0 Å². The van der Waals surface area contributed by atoms with E-state index in [9.17, 15) is 20.0 Å². The Hall–Kier alpha value is -3.56. The quantitative estimate of drug-likeness (QED) is 0.216. The normalized spacial score (nSPS) is 10.4. The van der Waals surface area contributed by atoms with Gasteiger partial charge in [0.05, 0.1) is 35.5 Å². The van der Waals surface area contributed by atoms with Crippen molar-refractivity contribution in [3.8, 4) is 11.5 Å². The molecule has 0 saturated heterocycles. The molecule has 0 spiro atoms. The number of aliphatic hydroxyl groups excluding tert-OH is 1. The molecule has 0 unspecified atom stereocenters. The number of ether oxygens (including phenoxy) is 2. The lowest BCUT2D eigenvalue weighted by Crippen LogP contribution is -2.05. The fraction of sp³-hybridized carbons (Fsp3) is 0.136. The Morgan fingerprint density at radius 3 is 2.42 bits per heavy atom. The van der Waals surface area contributed by atoms with E-state index in [1.165, 1.54) is 43.3 Å². The largest absolute Gasteiger partial charge is 0.465 e. The maximum Gasteiger partial charge on any atom is 0.340 e. The average molecular weight is 440 g/mol. The number of benzene rings is 3. The van der Waals surface area contributed by atoms with E-state index in [4.69, 9.17) is 9.47 Å². The number of nitrogens with zero attached hydrogens (tertiary/aromatic N) is 1. The number of hydrogen-bond acceptors (Lipinski definition) is 8. The Labute approximate surface area is 183 Å². The van der Waals surface area contributed by atoms with Crippen LogP contribution < -0.4 is 9.46 Å². The molecule has 0 aliphatic carbocycles. The van der Waals surface area contributed by atoms with Gasteiger partial charge in [-0.05, 0) is 61.3 Å². The molecule has 3 aromatic rings. The number of nitro groups is 1. The van der Waals surface area contributed by atoms with E-state index in [-0.39, 0.29) is 16.8 Å². The highest BCUT2D eigenvalue weighted by molar-refractivity contribution is 8.00. The average Bonchev–Trinajstić information content (AvgIpc) is 2.78. The first kappa shape index (κ1) is 22.1. The van der Waals surface area contributed by atoms with E-state index in [1.807, 2.05) is 31.2 Å². The SMILES string of the molecule is COC(=O)c1cc(Oc2ccc([N+](=O)[O-])c(CO)c2)ccc1NSc1ccc(C)cc1. The molecule has 2 N–H and O–H groups in total. The van der Waals surface area contributed by atoms with Gasteiger partial charge in [0.2, 0.25) is 0 Å². The highest BCUT2D eigenvalue weighted by atomic mass is 32.2. The molecule has 31 heavy (non-hydrogen) atoms. The lowest BCUT2D eigenvalue weighted by atomic mass is 10.1. The molecular formula is C22H20N2O6S. The number of hydrogen-bond donors (Lipinski definition) is 2. The van der Waals surface area contributed by atoms with E-state index in [0.717, 1.165) is 10.5 Å². The van der Waals surface area contributed by atoms with Gasteiger partial charge in [0.1, 0.15) is 11.5 Å². The van der Waals surface area contributed by atoms with Crippen molar-refractivity contribution in [1.82, 2.24) is 0 Å². The van der Waals surface area contributed by atoms with Crippen molar-refractivity contribution in [3.05, 3.63) is 87.5 Å². The van der Waals surface area contributed by atoms with E-state index in [2.05, 4.69) is 4.72 Å². The molecule has 0 fully saturated rings. The van der Waals surface area contributed by atoms with Crippen molar-refractivity contribution in [1.29, 1.82) is 0 Å². The van der Waals surface area contributed by atoms with Crippen LogP contribution >= 0.6 is 11.9 Å². The molecule has 0 amide bonds. The van der Waals surface area contributed by atoms with Crippen molar-refractivity contribution in [3.63, 3.8) is 0 Å². The second kappa shape index (κ2) is 9.96. The lowest BCUT2D eigenvalue weighted by Gasteiger charge is -2.13. The summed E-state index contributed by atoms with van der Waals surface area (Å²) in [5.74, 6) is 0.0847. The van der Waals surface area contributed by atoms with E-state index < -0.39 is 17.5 Å². The van der Waals surface area contributed by atoms with Crippen LogP contribution in [0.5, 0.6) is 11.5 Å². The predicted octanol–water partition coefficient (Wildman–Crippen LogP) is 5.09. The first-order valence-corrected chi connectivity index (χ1v) is 10.0. The number of carbonyl (C=O) groups excluding carboxylic acids is 1. The molecule has 0 radical (unpaired) electrons. The van der Waals surface area contributed by atoms with Crippen LogP contribution in [0.3, 0.4) is 0 Å². The minimum absolute atomic E-state index is 0.128. The Balaban J connectivity index is 1.83. The van der Waals surface area contributed by atoms with Gasteiger partial charge in [-0.25, -0.2) is 4.79 Å². The summed E-state index contributed by atoms with van der Waals surface area (Å²) in [6, 6.07) is 16.8. The van der Waals surface area contributed by atoms with Gasteiger partial charge in [-0.3, -0.25) is 10.1 Å². The standard InChI is InChI=1S/C22H20N2O6S/c1-14-3-7-18(8-4-14)31-23-20-9-5-17(12-19(20)22(26)29-2)30-16-6-10-21(24(27)28)15(11-16)13-25/h3-12,23,25H,13H2,1-2H3. The van der Waals surface area contributed by atoms with Gasteiger partial charge in [0.15, 0.2) is 0 Å². The fourth-order valence-electron chi connectivity index (χ4n) is 2.74. The summed E-state index contributed by atoms with van der Waals surface area (Å²) in [4.78, 5) is 23.7. The second-order valence-corrected chi connectivity index (χ2v) is 7.40. The number of nitrogens with one attached hydrogen (secondary N) is 1. The molecule has 9 heteroatoms. The molecule has 0 bridgehead atoms. The van der Waals surface area contributed by atoms with Gasteiger partial charge in [-0.2, -0.15) is 0 Å². The topological polar surface area (TPSA) is 111 Å². The lowest BCUT2D eigenvalue weighted by molar-refractivity contribution is -0.385.